The third kappa shape index (κ3) is 5.67. The van der Waals surface area contributed by atoms with Gasteiger partial charge >= 0.3 is 0 Å². The predicted molar refractivity (Wildman–Crippen MR) is 151 cm³/mol. The van der Waals surface area contributed by atoms with E-state index in [0.29, 0.717) is 0 Å². The number of allylic oxidation sites excluding steroid dienone is 4. The highest BCUT2D eigenvalue weighted by molar-refractivity contribution is 7.80. The van der Waals surface area contributed by atoms with Crippen molar-refractivity contribution in [2.24, 2.45) is 0 Å². The highest BCUT2D eigenvalue weighted by Gasteiger charge is 2.29. The Labute approximate surface area is 218 Å². The van der Waals surface area contributed by atoms with E-state index in [2.05, 4.69) is 78.1 Å². The van der Waals surface area contributed by atoms with Crippen LogP contribution in [0.3, 0.4) is 0 Å². The molecule has 6 heteroatoms. The van der Waals surface area contributed by atoms with Crippen molar-refractivity contribution in [1.82, 2.24) is 0 Å². The van der Waals surface area contributed by atoms with Crippen molar-refractivity contribution in [3.63, 3.8) is 0 Å². The Balaban J connectivity index is 1.70. The summed E-state index contributed by atoms with van der Waals surface area (Å²) in [5, 5.41) is 1.57. The van der Waals surface area contributed by atoms with E-state index >= 15 is 0 Å². The number of hydrogen-bond acceptors (Lipinski definition) is 3. The Morgan fingerprint density at radius 3 is 2.45 bits per heavy atom. The molecule has 0 radical (unpaired) electrons. The molecule has 4 rings (SSSR count). The Kier molecular flexibility index (Phi) is 8.56. The Morgan fingerprint density at radius 1 is 1.00 bits per heavy atom. The lowest BCUT2D eigenvalue weighted by atomic mass is 10.0. The van der Waals surface area contributed by atoms with Crippen molar-refractivity contribution in [2.75, 3.05) is 29.5 Å². The van der Waals surface area contributed by atoms with Gasteiger partial charge in [-0.15, -0.1) is 0 Å². The number of fused-ring (bicyclic) bond motifs is 2. The summed E-state index contributed by atoms with van der Waals surface area (Å²) in [6, 6.07) is 12.5. The number of hydrogen-bond donors (Lipinski definition) is 2. The number of nitrogens with zero attached hydrogens (tertiary/aromatic N) is 2. The van der Waals surface area contributed by atoms with E-state index in [1.54, 1.807) is 0 Å². The molecule has 2 aliphatic rings. The van der Waals surface area contributed by atoms with Gasteiger partial charge in [0.1, 0.15) is 6.54 Å². The summed E-state index contributed by atoms with van der Waals surface area (Å²) in [6.07, 6.45) is 9.67. The topological polar surface area (TPSA) is 6.25 Å². The molecule has 0 unspecified atom stereocenters. The third-order valence-corrected chi connectivity index (χ3v) is 7.41. The summed E-state index contributed by atoms with van der Waals surface area (Å²) in [4.78, 5) is 2.42. The van der Waals surface area contributed by atoms with E-state index in [-0.39, 0.29) is 0 Å². The highest BCUT2D eigenvalue weighted by atomic mass is 35.5. The molecule has 0 fully saturated rings. The van der Waals surface area contributed by atoms with E-state index < -0.39 is 0 Å². The van der Waals surface area contributed by atoms with Crippen LogP contribution in [0.1, 0.15) is 37.3 Å². The van der Waals surface area contributed by atoms with Crippen molar-refractivity contribution < 1.29 is 4.58 Å². The van der Waals surface area contributed by atoms with Crippen LogP contribution in [0.5, 0.6) is 0 Å². The smallest absolute Gasteiger partial charge is 0.210 e. The van der Waals surface area contributed by atoms with Gasteiger partial charge in [0, 0.05) is 58.5 Å². The van der Waals surface area contributed by atoms with Crippen LogP contribution in [0.25, 0.3) is 0 Å². The summed E-state index contributed by atoms with van der Waals surface area (Å²) in [7, 11) is 0. The highest BCUT2D eigenvalue weighted by Crippen LogP contribution is 2.37. The molecule has 0 saturated heterocycles. The number of benzene rings is 2. The lowest BCUT2D eigenvalue weighted by Gasteiger charge is -2.22. The Bertz CT molecular complexity index is 1120. The first-order valence-corrected chi connectivity index (χ1v) is 13.7. The van der Waals surface area contributed by atoms with Gasteiger partial charge in [-0.05, 0) is 59.8 Å². The molecule has 2 nitrogen and oxygen atoms in total. The van der Waals surface area contributed by atoms with Gasteiger partial charge in [-0.25, -0.2) is 0 Å². The molecule has 2 aliphatic heterocycles. The molecule has 0 aromatic heterocycles. The molecular formula is C27H31Cl2N2S2+. The van der Waals surface area contributed by atoms with Crippen molar-refractivity contribution in [3.8, 4) is 0 Å². The third-order valence-electron chi connectivity index (χ3n) is 6.30. The van der Waals surface area contributed by atoms with Gasteiger partial charge in [-0.2, -0.15) is 29.8 Å². The van der Waals surface area contributed by atoms with Crippen LogP contribution in [0.4, 0.5) is 11.4 Å². The molecule has 0 aliphatic carbocycles. The van der Waals surface area contributed by atoms with Gasteiger partial charge < -0.3 is 4.90 Å². The normalized spacial score (nSPS) is 16.7. The average molecular weight is 519 g/mol. The van der Waals surface area contributed by atoms with Gasteiger partial charge in [0.2, 0.25) is 5.69 Å². The number of rotatable bonds is 9. The van der Waals surface area contributed by atoms with Gasteiger partial charge in [0.15, 0.2) is 5.71 Å². The second-order valence-corrected chi connectivity index (χ2v) is 10.3. The molecule has 0 bridgehead atoms. The van der Waals surface area contributed by atoms with Crippen molar-refractivity contribution in [3.05, 3.63) is 81.0 Å². The van der Waals surface area contributed by atoms with Crippen LogP contribution in [0.2, 0.25) is 10.0 Å². The lowest BCUT2D eigenvalue weighted by molar-refractivity contribution is -0.436. The molecule has 0 N–H and O–H groups in total. The SMILES string of the molecule is CCC(=C\C1=[N+](CCCS)c2cc(Cl)ccc2C1)/C=C1\Cc2ccc(Cl)cc2N1CCCS. The minimum atomic E-state index is 0.787. The van der Waals surface area contributed by atoms with Crippen LogP contribution in [-0.4, -0.2) is 34.9 Å². The van der Waals surface area contributed by atoms with Crippen molar-refractivity contribution >= 4 is 65.5 Å². The molecule has 0 amide bonds. The number of halogens is 2. The lowest BCUT2D eigenvalue weighted by Crippen LogP contribution is -2.21. The maximum Gasteiger partial charge on any atom is 0.210 e. The maximum absolute atomic E-state index is 6.33. The first-order chi connectivity index (χ1) is 16.0. The van der Waals surface area contributed by atoms with Gasteiger partial charge in [-0.3, -0.25) is 0 Å². The standard InChI is InChI=1S/C27H30Cl2N2S2/c1-2-19(13-24-15-20-5-7-22(28)17-26(20)30(24)9-3-11-32)14-25-16-21-6-8-23(29)18-27(21)31(25)10-4-12-33/h5-8,13-14,17-18H,2-4,9-12,15-16H2,1H3,(H-,32,33)/p+1. The van der Waals surface area contributed by atoms with Crippen molar-refractivity contribution in [1.29, 1.82) is 0 Å². The zero-order valence-corrected chi connectivity index (χ0v) is 22.3. The minimum absolute atomic E-state index is 0.787. The second-order valence-electron chi connectivity index (χ2n) is 8.56. The van der Waals surface area contributed by atoms with Crippen LogP contribution < -0.4 is 4.90 Å². The monoisotopic (exact) mass is 517 g/mol. The first-order valence-electron chi connectivity index (χ1n) is 11.6. The largest absolute Gasteiger partial charge is 0.344 e. The summed E-state index contributed by atoms with van der Waals surface area (Å²) in [5.74, 6) is 1.74. The molecule has 2 aromatic rings. The molecule has 0 saturated carbocycles. The van der Waals surface area contributed by atoms with E-state index in [1.165, 1.54) is 39.5 Å². The number of thiol groups is 2. The fraction of sp³-hybridized carbons (Fsp3) is 0.370. The first kappa shape index (κ1) is 24.8. The molecule has 174 valence electrons. The van der Waals surface area contributed by atoms with Crippen LogP contribution >= 0.6 is 48.5 Å². The minimum Gasteiger partial charge on any atom is -0.344 e. The predicted octanol–water partition coefficient (Wildman–Crippen LogP) is 7.56. The molecular weight excluding hydrogens is 487 g/mol. The van der Waals surface area contributed by atoms with E-state index in [0.717, 1.165) is 66.7 Å². The average Bonchev–Trinajstić information content (AvgIpc) is 3.32. The van der Waals surface area contributed by atoms with Gasteiger partial charge in [0.25, 0.3) is 0 Å². The van der Waals surface area contributed by atoms with Gasteiger partial charge in [0.05, 0.1) is 6.42 Å². The molecule has 2 heterocycles. The fourth-order valence-electron chi connectivity index (χ4n) is 4.68. The van der Waals surface area contributed by atoms with E-state index in [9.17, 15) is 0 Å². The summed E-state index contributed by atoms with van der Waals surface area (Å²) < 4.78 is 2.42. The fourth-order valence-corrected chi connectivity index (χ4v) is 5.30. The quantitative estimate of drug-likeness (QED) is 0.257. The Morgan fingerprint density at radius 2 is 1.73 bits per heavy atom. The van der Waals surface area contributed by atoms with E-state index in [4.69, 9.17) is 23.2 Å². The number of anilines is 1. The molecule has 33 heavy (non-hydrogen) atoms. The molecule has 0 atom stereocenters. The van der Waals surface area contributed by atoms with Gasteiger partial charge in [-0.1, -0.05) is 42.3 Å². The maximum atomic E-state index is 6.33. The summed E-state index contributed by atoms with van der Waals surface area (Å²) >= 11 is 21.5. The van der Waals surface area contributed by atoms with Crippen molar-refractivity contribution in [2.45, 2.75) is 39.0 Å². The molecule has 2 aromatic carbocycles. The molecule has 0 spiro atoms. The van der Waals surface area contributed by atoms with Crippen LogP contribution in [-0.2, 0) is 12.8 Å². The Hall–Kier alpha value is -1.33. The zero-order valence-electron chi connectivity index (χ0n) is 19.0. The second kappa shape index (κ2) is 11.4. The zero-order chi connectivity index (χ0) is 23.4. The van der Waals surface area contributed by atoms with E-state index in [1.807, 2.05) is 12.1 Å². The summed E-state index contributed by atoms with van der Waals surface area (Å²) in [6.45, 7) is 4.14. The van der Waals surface area contributed by atoms with Crippen LogP contribution in [0.15, 0.2) is 59.8 Å². The van der Waals surface area contributed by atoms with Crippen LogP contribution in [0, 0.1) is 0 Å². The summed E-state index contributed by atoms with van der Waals surface area (Å²) in [5.41, 5.74) is 9.15.